The van der Waals surface area contributed by atoms with Gasteiger partial charge in [-0.05, 0) is 42.5 Å². The Kier molecular flexibility index (Phi) is 4.17. The van der Waals surface area contributed by atoms with Gasteiger partial charge in [-0.2, -0.15) is 0 Å². The maximum atomic E-state index is 13.1. The van der Waals surface area contributed by atoms with Crippen LogP contribution in [0.25, 0.3) is 0 Å². The van der Waals surface area contributed by atoms with Gasteiger partial charge in [-0.25, -0.2) is 4.39 Å². The monoisotopic (exact) mass is 321 g/mol. The van der Waals surface area contributed by atoms with Crippen molar-refractivity contribution in [3.05, 3.63) is 58.9 Å². The van der Waals surface area contributed by atoms with Crippen molar-refractivity contribution >= 4 is 35.0 Å². The number of amides is 1. The summed E-state index contributed by atoms with van der Waals surface area (Å²) in [5.41, 5.74) is 1.23. The van der Waals surface area contributed by atoms with Crippen molar-refractivity contribution in [2.75, 3.05) is 17.2 Å². The van der Waals surface area contributed by atoms with Crippen molar-refractivity contribution in [2.24, 2.45) is 0 Å². The Morgan fingerprint density at radius 3 is 2.86 bits per heavy atom. The van der Waals surface area contributed by atoms with Gasteiger partial charge in [-0.1, -0.05) is 23.7 Å². The molecule has 3 rings (SSSR count). The van der Waals surface area contributed by atoms with Gasteiger partial charge in [0.05, 0.1) is 16.3 Å². The average molecular weight is 322 g/mol. The summed E-state index contributed by atoms with van der Waals surface area (Å²) >= 11 is 7.76. The summed E-state index contributed by atoms with van der Waals surface area (Å²) in [4.78, 5) is 15.6. The largest absolute Gasteiger partial charge is 0.307 e. The van der Waals surface area contributed by atoms with Gasteiger partial charge in [-0.15, -0.1) is 11.8 Å². The SMILES string of the molecule is O=C(c1ccc(F)cc1Cl)N1CCCSc2ccccc21. The quantitative estimate of drug-likeness (QED) is 0.763. The fourth-order valence-corrected chi connectivity index (χ4v) is 3.59. The molecule has 0 aromatic heterocycles. The van der Waals surface area contributed by atoms with E-state index >= 15 is 0 Å². The minimum absolute atomic E-state index is 0.148. The number of anilines is 1. The Labute approximate surface area is 131 Å². The first-order valence-electron chi connectivity index (χ1n) is 6.65. The van der Waals surface area contributed by atoms with Gasteiger partial charge in [0, 0.05) is 11.4 Å². The van der Waals surface area contributed by atoms with Crippen LogP contribution in [0.4, 0.5) is 10.1 Å². The third-order valence-electron chi connectivity index (χ3n) is 3.35. The normalized spacial score (nSPS) is 14.5. The van der Waals surface area contributed by atoms with Crippen molar-refractivity contribution in [3.8, 4) is 0 Å². The predicted molar refractivity (Wildman–Crippen MR) is 84.9 cm³/mol. The van der Waals surface area contributed by atoms with Crippen LogP contribution in [0.3, 0.4) is 0 Å². The van der Waals surface area contributed by atoms with Crippen LogP contribution in [0, 0.1) is 5.82 Å². The van der Waals surface area contributed by atoms with Gasteiger partial charge in [-0.3, -0.25) is 4.79 Å². The molecule has 1 aliphatic heterocycles. The number of fused-ring (bicyclic) bond motifs is 1. The molecule has 5 heteroatoms. The first kappa shape index (κ1) is 14.4. The molecule has 2 nitrogen and oxygen atoms in total. The summed E-state index contributed by atoms with van der Waals surface area (Å²) in [5.74, 6) is 0.344. The average Bonchev–Trinajstić information content (AvgIpc) is 2.69. The molecule has 1 heterocycles. The first-order chi connectivity index (χ1) is 10.2. The van der Waals surface area contributed by atoms with Gasteiger partial charge in [0.2, 0.25) is 0 Å². The molecule has 0 fully saturated rings. The molecule has 0 unspecified atom stereocenters. The van der Waals surface area contributed by atoms with Gasteiger partial charge in [0.25, 0.3) is 5.91 Å². The molecule has 0 aliphatic carbocycles. The third-order valence-corrected chi connectivity index (χ3v) is 4.81. The zero-order valence-electron chi connectivity index (χ0n) is 11.2. The molecule has 21 heavy (non-hydrogen) atoms. The molecule has 0 N–H and O–H groups in total. The number of carbonyl (C=O) groups excluding carboxylic acids is 1. The lowest BCUT2D eigenvalue weighted by Gasteiger charge is -2.23. The lowest BCUT2D eigenvalue weighted by atomic mass is 10.1. The number of halogens is 2. The summed E-state index contributed by atoms with van der Waals surface area (Å²) in [6, 6.07) is 11.7. The van der Waals surface area contributed by atoms with Crippen LogP contribution in [0.2, 0.25) is 5.02 Å². The van der Waals surface area contributed by atoms with Crippen LogP contribution in [0.5, 0.6) is 0 Å². The van der Waals surface area contributed by atoms with Crippen LogP contribution in [-0.2, 0) is 0 Å². The number of nitrogens with zero attached hydrogens (tertiary/aromatic N) is 1. The molecule has 2 aromatic rings. The van der Waals surface area contributed by atoms with Crippen molar-refractivity contribution in [2.45, 2.75) is 11.3 Å². The van der Waals surface area contributed by atoms with Crippen LogP contribution in [-0.4, -0.2) is 18.2 Å². The van der Waals surface area contributed by atoms with Crippen LogP contribution in [0.15, 0.2) is 47.4 Å². The number of hydrogen-bond acceptors (Lipinski definition) is 2. The van der Waals surface area contributed by atoms with E-state index in [0.29, 0.717) is 12.1 Å². The number of para-hydroxylation sites is 1. The van der Waals surface area contributed by atoms with E-state index in [1.165, 1.54) is 18.2 Å². The van der Waals surface area contributed by atoms with E-state index in [9.17, 15) is 9.18 Å². The highest BCUT2D eigenvalue weighted by Gasteiger charge is 2.24. The van der Waals surface area contributed by atoms with E-state index in [-0.39, 0.29) is 10.9 Å². The summed E-state index contributed by atoms with van der Waals surface area (Å²) in [5, 5.41) is 0.148. The fourth-order valence-electron chi connectivity index (χ4n) is 2.35. The topological polar surface area (TPSA) is 20.3 Å². The minimum atomic E-state index is -0.441. The smallest absolute Gasteiger partial charge is 0.259 e. The molecule has 0 spiro atoms. The number of benzene rings is 2. The molecular formula is C16H13ClFNOS. The second-order valence-electron chi connectivity index (χ2n) is 4.75. The molecule has 1 amide bonds. The van der Waals surface area contributed by atoms with E-state index in [2.05, 4.69) is 0 Å². The molecule has 0 saturated carbocycles. The molecule has 0 atom stereocenters. The van der Waals surface area contributed by atoms with Gasteiger partial charge < -0.3 is 4.90 Å². The van der Waals surface area contributed by atoms with E-state index < -0.39 is 5.82 Å². The maximum Gasteiger partial charge on any atom is 0.259 e. The Morgan fingerprint density at radius 2 is 2.05 bits per heavy atom. The minimum Gasteiger partial charge on any atom is -0.307 e. The summed E-state index contributed by atoms with van der Waals surface area (Å²) in [6.45, 7) is 0.635. The first-order valence-corrected chi connectivity index (χ1v) is 8.02. The Morgan fingerprint density at radius 1 is 1.24 bits per heavy atom. The molecule has 2 aromatic carbocycles. The van der Waals surface area contributed by atoms with Gasteiger partial charge >= 0.3 is 0 Å². The Balaban J connectivity index is 2.01. The second-order valence-corrected chi connectivity index (χ2v) is 6.29. The van der Waals surface area contributed by atoms with Gasteiger partial charge in [0.15, 0.2) is 0 Å². The van der Waals surface area contributed by atoms with Crippen molar-refractivity contribution in [1.82, 2.24) is 0 Å². The van der Waals surface area contributed by atoms with E-state index in [0.717, 1.165) is 22.8 Å². The zero-order valence-corrected chi connectivity index (χ0v) is 12.8. The van der Waals surface area contributed by atoms with E-state index in [1.54, 1.807) is 16.7 Å². The lowest BCUT2D eigenvalue weighted by Crippen LogP contribution is -2.32. The summed E-state index contributed by atoms with van der Waals surface area (Å²) in [6.07, 6.45) is 0.907. The number of hydrogen-bond donors (Lipinski definition) is 0. The predicted octanol–water partition coefficient (Wildman–Crippen LogP) is 4.62. The highest BCUT2D eigenvalue weighted by atomic mass is 35.5. The molecule has 108 valence electrons. The molecule has 1 aliphatic rings. The van der Waals surface area contributed by atoms with E-state index in [1.807, 2.05) is 24.3 Å². The fraction of sp³-hybridized carbons (Fsp3) is 0.188. The molecule has 0 bridgehead atoms. The number of thioether (sulfide) groups is 1. The maximum absolute atomic E-state index is 13.1. The molecule has 0 saturated heterocycles. The summed E-state index contributed by atoms with van der Waals surface area (Å²) in [7, 11) is 0. The standard InChI is InChI=1S/C16H13ClFNOS/c17-13-10-11(18)6-7-12(13)16(20)19-8-3-9-21-15-5-2-1-4-14(15)19/h1-2,4-7,10H,3,8-9H2. The Bertz CT molecular complexity index is 692. The summed E-state index contributed by atoms with van der Waals surface area (Å²) < 4.78 is 13.1. The van der Waals surface area contributed by atoms with Crippen molar-refractivity contribution in [1.29, 1.82) is 0 Å². The molecule has 0 radical (unpaired) electrons. The van der Waals surface area contributed by atoms with E-state index in [4.69, 9.17) is 11.6 Å². The van der Waals surface area contributed by atoms with Crippen molar-refractivity contribution in [3.63, 3.8) is 0 Å². The van der Waals surface area contributed by atoms with Gasteiger partial charge in [0.1, 0.15) is 5.82 Å². The third kappa shape index (κ3) is 2.92. The second kappa shape index (κ2) is 6.08. The number of rotatable bonds is 1. The molecular weight excluding hydrogens is 309 g/mol. The van der Waals surface area contributed by atoms with Crippen LogP contribution >= 0.6 is 23.4 Å². The number of carbonyl (C=O) groups is 1. The van der Waals surface area contributed by atoms with Crippen LogP contribution < -0.4 is 4.90 Å². The zero-order chi connectivity index (χ0) is 14.8. The Hall–Kier alpha value is -1.52. The lowest BCUT2D eigenvalue weighted by molar-refractivity contribution is 0.0987. The van der Waals surface area contributed by atoms with Crippen LogP contribution in [0.1, 0.15) is 16.8 Å². The van der Waals surface area contributed by atoms with Crippen molar-refractivity contribution < 1.29 is 9.18 Å². The highest BCUT2D eigenvalue weighted by Crippen LogP contribution is 2.35. The highest BCUT2D eigenvalue weighted by molar-refractivity contribution is 7.99.